The fourth-order valence-electron chi connectivity index (χ4n) is 3.85. The SMILES string of the molecule is COc1ccc(C)cc1CN(C)C(=O)C1CCN(S(=O)(=O)/C=C/c2ccccc2)CC1. The predicted molar refractivity (Wildman–Crippen MR) is 123 cm³/mol. The number of nitrogens with zero attached hydrogens (tertiary/aromatic N) is 2. The maximum atomic E-state index is 13.0. The number of ether oxygens (including phenoxy) is 1. The first-order valence-electron chi connectivity index (χ1n) is 10.4. The summed E-state index contributed by atoms with van der Waals surface area (Å²) in [7, 11) is -0.0910. The van der Waals surface area contributed by atoms with Crippen molar-refractivity contribution < 1.29 is 17.9 Å². The molecule has 1 aliphatic rings. The molecule has 0 N–H and O–H groups in total. The summed E-state index contributed by atoms with van der Waals surface area (Å²) in [5, 5.41) is 1.25. The summed E-state index contributed by atoms with van der Waals surface area (Å²) >= 11 is 0. The van der Waals surface area contributed by atoms with Crippen molar-refractivity contribution in [2.75, 3.05) is 27.2 Å². The Morgan fingerprint density at radius 2 is 1.84 bits per heavy atom. The van der Waals surface area contributed by atoms with Crippen molar-refractivity contribution >= 4 is 22.0 Å². The van der Waals surface area contributed by atoms with E-state index in [2.05, 4.69) is 0 Å². The topological polar surface area (TPSA) is 66.9 Å². The van der Waals surface area contributed by atoms with E-state index in [9.17, 15) is 13.2 Å². The summed E-state index contributed by atoms with van der Waals surface area (Å²) in [5.74, 6) is 0.627. The number of rotatable bonds is 7. The van der Waals surface area contributed by atoms with Crippen LogP contribution in [0.1, 0.15) is 29.5 Å². The second-order valence-electron chi connectivity index (χ2n) is 7.94. The summed E-state index contributed by atoms with van der Waals surface area (Å²) in [4.78, 5) is 14.7. The Morgan fingerprint density at radius 1 is 1.16 bits per heavy atom. The number of piperidine rings is 1. The molecule has 0 aromatic heterocycles. The number of methoxy groups -OCH3 is 1. The second-order valence-corrected chi connectivity index (χ2v) is 9.76. The maximum absolute atomic E-state index is 13.0. The van der Waals surface area contributed by atoms with Gasteiger partial charge in [-0.15, -0.1) is 0 Å². The van der Waals surface area contributed by atoms with Crippen LogP contribution in [0, 0.1) is 12.8 Å². The third-order valence-corrected chi connectivity index (χ3v) is 7.18. The Hall–Kier alpha value is -2.64. The molecule has 2 aromatic carbocycles. The van der Waals surface area contributed by atoms with Crippen molar-refractivity contribution in [2.45, 2.75) is 26.3 Å². The number of hydrogen-bond acceptors (Lipinski definition) is 4. The maximum Gasteiger partial charge on any atom is 0.236 e. The van der Waals surface area contributed by atoms with Gasteiger partial charge < -0.3 is 9.64 Å². The highest BCUT2D eigenvalue weighted by atomic mass is 32.2. The van der Waals surface area contributed by atoms with Crippen LogP contribution in [0.25, 0.3) is 6.08 Å². The molecule has 1 aliphatic heterocycles. The molecule has 3 rings (SSSR count). The molecule has 1 heterocycles. The minimum atomic E-state index is -3.50. The van der Waals surface area contributed by atoms with Crippen LogP contribution in [-0.2, 0) is 21.4 Å². The number of benzene rings is 2. The van der Waals surface area contributed by atoms with E-state index in [0.717, 1.165) is 22.4 Å². The van der Waals surface area contributed by atoms with E-state index >= 15 is 0 Å². The predicted octanol–water partition coefficient (Wildman–Crippen LogP) is 3.67. The molecule has 0 bridgehead atoms. The summed E-state index contributed by atoms with van der Waals surface area (Å²) < 4.78 is 32.2. The van der Waals surface area contributed by atoms with Crippen LogP contribution < -0.4 is 4.74 Å². The van der Waals surface area contributed by atoms with Crippen LogP contribution in [0.2, 0.25) is 0 Å². The van der Waals surface area contributed by atoms with Gasteiger partial charge in [0, 0.05) is 43.6 Å². The van der Waals surface area contributed by atoms with Crippen LogP contribution >= 0.6 is 0 Å². The average Bonchev–Trinajstić information content (AvgIpc) is 2.78. The minimum Gasteiger partial charge on any atom is -0.496 e. The molecule has 0 atom stereocenters. The van der Waals surface area contributed by atoms with Gasteiger partial charge in [-0.25, -0.2) is 8.42 Å². The zero-order valence-electron chi connectivity index (χ0n) is 18.3. The Balaban J connectivity index is 1.58. The smallest absolute Gasteiger partial charge is 0.236 e. The first-order chi connectivity index (χ1) is 14.8. The van der Waals surface area contributed by atoms with E-state index in [1.807, 2.05) is 55.5 Å². The van der Waals surface area contributed by atoms with Crippen molar-refractivity contribution in [3.63, 3.8) is 0 Å². The molecule has 31 heavy (non-hydrogen) atoms. The molecule has 1 saturated heterocycles. The molecular formula is C24H30N2O4S. The summed E-state index contributed by atoms with van der Waals surface area (Å²) in [5.41, 5.74) is 2.91. The molecule has 0 spiro atoms. The van der Waals surface area contributed by atoms with Crippen LogP contribution in [0.5, 0.6) is 5.75 Å². The van der Waals surface area contributed by atoms with Gasteiger partial charge in [0.2, 0.25) is 15.9 Å². The lowest BCUT2D eigenvalue weighted by Gasteiger charge is -2.32. The number of carbonyl (C=O) groups excluding carboxylic acids is 1. The summed E-state index contributed by atoms with van der Waals surface area (Å²) in [6.45, 7) is 3.16. The van der Waals surface area contributed by atoms with E-state index in [1.54, 1.807) is 25.1 Å². The summed E-state index contributed by atoms with van der Waals surface area (Å²) in [6, 6.07) is 15.3. The lowest BCUT2D eigenvalue weighted by Crippen LogP contribution is -2.42. The highest BCUT2D eigenvalue weighted by Gasteiger charge is 2.31. The van der Waals surface area contributed by atoms with Crippen LogP contribution in [0.15, 0.2) is 53.9 Å². The number of carbonyl (C=O) groups is 1. The van der Waals surface area contributed by atoms with Gasteiger partial charge in [-0.05, 0) is 37.5 Å². The lowest BCUT2D eigenvalue weighted by molar-refractivity contribution is -0.135. The minimum absolute atomic E-state index is 0.0421. The van der Waals surface area contributed by atoms with Crippen molar-refractivity contribution in [1.29, 1.82) is 0 Å². The molecule has 0 saturated carbocycles. The number of sulfonamides is 1. The lowest BCUT2D eigenvalue weighted by atomic mass is 9.96. The van der Waals surface area contributed by atoms with E-state index < -0.39 is 10.0 Å². The van der Waals surface area contributed by atoms with E-state index in [4.69, 9.17) is 4.74 Å². The molecule has 0 radical (unpaired) electrons. The fraction of sp³-hybridized carbons (Fsp3) is 0.375. The molecule has 0 aliphatic carbocycles. The third-order valence-electron chi connectivity index (χ3n) is 5.61. The quantitative estimate of drug-likeness (QED) is 0.656. The molecule has 166 valence electrons. The Morgan fingerprint density at radius 3 is 2.48 bits per heavy atom. The van der Waals surface area contributed by atoms with Crippen molar-refractivity contribution in [3.05, 3.63) is 70.6 Å². The molecular weight excluding hydrogens is 412 g/mol. The van der Waals surface area contributed by atoms with E-state index in [-0.39, 0.29) is 11.8 Å². The highest BCUT2D eigenvalue weighted by Crippen LogP contribution is 2.25. The van der Waals surface area contributed by atoms with Crippen molar-refractivity contribution in [3.8, 4) is 5.75 Å². The standard InChI is InChI=1S/C24H30N2O4S/c1-19-9-10-23(30-3)22(17-19)18-25(2)24(27)21-11-14-26(15-12-21)31(28,29)16-13-20-7-5-4-6-8-20/h4-10,13,16-17,21H,11-12,14-15,18H2,1-3H3/b16-13+. The molecule has 7 heteroatoms. The highest BCUT2D eigenvalue weighted by molar-refractivity contribution is 7.92. The van der Waals surface area contributed by atoms with Gasteiger partial charge in [0.05, 0.1) is 7.11 Å². The van der Waals surface area contributed by atoms with Gasteiger partial charge in [0.25, 0.3) is 0 Å². The molecule has 1 fully saturated rings. The van der Waals surface area contributed by atoms with Crippen LogP contribution in [0.4, 0.5) is 0 Å². The van der Waals surface area contributed by atoms with Gasteiger partial charge in [0.1, 0.15) is 5.75 Å². The van der Waals surface area contributed by atoms with Crippen LogP contribution in [0.3, 0.4) is 0 Å². The third kappa shape index (κ3) is 5.95. The Labute approximate surface area is 185 Å². The zero-order chi connectivity index (χ0) is 22.4. The first kappa shape index (κ1) is 23.0. The molecule has 0 unspecified atom stereocenters. The second kappa shape index (κ2) is 10.1. The van der Waals surface area contributed by atoms with Gasteiger partial charge in [-0.1, -0.05) is 48.0 Å². The normalized spacial score (nSPS) is 15.8. The Kier molecular flexibility index (Phi) is 7.51. The molecule has 2 aromatic rings. The van der Waals surface area contributed by atoms with Crippen LogP contribution in [-0.4, -0.2) is 50.8 Å². The first-order valence-corrected chi connectivity index (χ1v) is 11.9. The average molecular weight is 443 g/mol. The molecule has 1 amide bonds. The van der Waals surface area contributed by atoms with Crippen molar-refractivity contribution in [2.24, 2.45) is 5.92 Å². The molecule has 6 nitrogen and oxygen atoms in total. The van der Waals surface area contributed by atoms with Gasteiger partial charge in [-0.2, -0.15) is 4.31 Å². The van der Waals surface area contributed by atoms with Gasteiger partial charge in [0.15, 0.2) is 0 Å². The van der Waals surface area contributed by atoms with E-state index in [0.29, 0.717) is 32.5 Å². The number of hydrogen-bond donors (Lipinski definition) is 0. The monoisotopic (exact) mass is 442 g/mol. The Bertz CT molecular complexity index is 1030. The largest absolute Gasteiger partial charge is 0.496 e. The van der Waals surface area contributed by atoms with Gasteiger partial charge in [-0.3, -0.25) is 4.79 Å². The number of aryl methyl sites for hydroxylation is 1. The number of amides is 1. The van der Waals surface area contributed by atoms with E-state index in [1.165, 1.54) is 9.71 Å². The van der Waals surface area contributed by atoms with Crippen molar-refractivity contribution in [1.82, 2.24) is 9.21 Å². The fourth-order valence-corrected chi connectivity index (χ4v) is 5.07. The zero-order valence-corrected chi connectivity index (χ0v) is 19.1. The van der Waals surface area contributed by atoms with Gasteiger partial charge >= 0.3 is 0 Å². The summed E-state index contributed by atoms with van der Waals surface area (Å²) in [6.07, 6.45) is 2.65.